The number of benzene rings is 2. The summed E-state index contributed by atoms with van der Waals surface area (Å²) in [4.78, 5) is 41.6. The first-order valence-corrected chi connectivity index (χ1v) is 12.2. The molecule has 3 aromatic rings. The molecule has 0 aliphatic carbocycles. The number of rotatable bonds is 9. The maximum absolute atomic E-state index is 13.1. The Labute approximate surface area is 225 Å². The number of methoxy groups -OCH3 is 1. The third-order valence-electron chi connectivity index (χ3n) is 5.62. The molecule has 0 aliphatic rings. The molecule has 3 rings (SSSR count). The smallest absolute Gasteiger partial charge is 0.308 e. The van der Waals surface area contributed by atoms with Crippen molar-refractivity contribution in [2.75, 3.05) is 7.11 Å². The Bertz CT molecular complexity index is 1220. The van der Waals surface area contributed by atoms with E-state index in [1.807, 2.05) is 31.2 Å². The van der Waals surface area contributed by atoms with Gasteiger partial charge in [0.2, 0.25) is 11.7 Å². The number of pyridine rings is 1. The Morgan fingerprint density at radius 2 is 1.41 bits per heavy atom. The molecule has 37 heavy (non-hydrogen) atoms. The van der Waals surface area contributed by atoms with Crippen LogP contribution in [0.2, 0.25) is 10.0 Å². The predicted octanol–water partition coefficient (Wildman–Crippen LogP) is 4.78. The lowest BCUT2D eigenvalue weighted by Crippen LogP contribution is -2.49. The molecule has 10 heteroatoms. The number of carbonyl (C=O) groups is 3. The number of ether oxygens (including phenoxy) is 2. The van der Waals surface area contributed by atoms with Crippen LogP contribution in [0.4, 0.5) is 0 Å². The Hall–Kier alpha value is -3.62. The van der Waals surface area contributed by atoms with E-state index in [9.17, 15) is 14.4 Å². The second-order valence-electron chi connectivity index (χ2n) is 8.36. The molecule has 2 atom stereocenters. The summed E-state index contributed by atoms with van der Waals surface area (Å²) in [7, 11) is 1.37. The van der Waals surface area contributed by atoms with Gasteiger partial charge in [0.05, 0.1) is 7.11 Å². The standard InChI is InChI=1S/C27H27Cl2N3O5/c1-15(23(18-5-9-20(28)10-6-18)19-7-11-21(29)12-8-19)31-26(34)16(2)32-27(35)24-25(37-17(3)33)22(36-4)13-14-30-24/h5-16,23H,1-4H3,(H,31,34)(H,32,35)/t15-,16-/m0/s1. The zero-order valence-electron chi connectivity index (χ0n) is 20.7. The molecule has 1 aromatic heterocycles. The zero-order chi connectivity index (χ0) is 27.1. The van der Waals surface area contributed by atoms with Crippen LogP contribution in [-0.2, 0) is 9.59 Å². The van der Waals surface area contributed by atoms with E-state index in [1.165, 1.54) is 26.3 Å². The van der Waals surface area contributed by atoms with Crippen molar-refractivity contribution >= 4 is 41.0 Å². The number of hydrogen-bond donors (Lipinski definition) is 2. The molecule has 0 unspecified atom stereocenters. The molecule has 2 aromatic carbocycles. The van der Waals surface area contributed by atoms with E-state index in [0.29, 0.717) is 10.0 Å². The summed E-state index contributed by atoms with van der Waals surface area (Å²) in [5, 5.41) is 6.79. The maximum atomic E-state index is 13.1. The topological polar surface area (TPSA) is 107 Å². The van der Waals surface area contributed by atoms with Crippen LogP contribution in [0.15, 0.2) is 60.8 Å². The maximum Gasteiger partial charge on any atom is 0.308 e. The van der Waals surface area contributed by atoms with E-state index >= 15 is 0 Å². The number of amides is 2. The molecule has 0 saturated heterocycles. The lowest BCUT2D eigenvalue weighted by atomic mass is 9.85. The predicted molar refractivity (Wildman–Crippen MR) is 141 cm³/mol. The summed E-state index contributed by atoms with van der Waals surface area (Å²) in [5.74, 6) is -1.92. The number of nitrogens with one attached hydrogen (secondary N) is 2. The highest BCUT2D eigenvalue weighted by molar-refractivity contribution is 6.30. The first-order chi connectivity index (χ1) is 17.6. The van der Waals surface area contributed by atoms with E-state index in [0.717, 1.165) is 11.1 Å². The Kier molecular flexibility index (Phi) is 9.49. The normalized spacial score (nSPS) is 12.4. The van der Waals surface area contributed by atoms with Gasteiger partial charge in [0, 0.05) is 41.2 Å². The highest BCUT2D eigenvalue weighted by Crippen LogP contribution is 2.31. The average molecular weight is 544 g/mol. The number of esters is 1. The Morgan fingerprint density at radius 3 is 1.89 bits per heavy atom. The number of nitrogens with zero attached hydrogens (tertiary/aromatic N) is 1. The SMILES string of the molecule is COc1ccnc(C(=O)N[C@@H](C)C(=O)N[C@@H](C)C(c2ccc(Cl)cc2)c2ccc(Cl)cc2)c1OC(C)=O. The lowest BCUT2D eigenvalue weighted by molar-refractivity contribution is -0.132. The van der Waals surface area contributed by atoms with Crippen LogP contribution < -0.4 is 20.1 Å². The van der Waals surface area contributed by atoms with Crippen LogP contribution in [0, 0.1) is 0 Å². The molecule has 8 nitrogen and oxygen atoms in total. The fourth-order valence-corrected chi connectivity index (χ4v) is 4.12. The summed E-state index contributed by atoms with van der Waals surface area (Å²) in [6.45, 7) is 4.62. The largest absolute Gasteiger partial charge is 0.493 e. The monoisotopic (exact) mass is 543 g/mol. The van der Waals surface area contributed by atoms with Crippen molar-refractivity contribution in [1.29, 1.82) is 0 Å². The summed E-state index contributed by atoms with van der Waals surface area (Å²) < 4.78 is 10.3. The van der Waals surface area contributed by atoms with Gasteiger partial charge in [-0.3, -0.25) is 14.4 Å². The molecule has 2 N–H and O–H groups in total. The van der Waals surface area contributed by atoms with E-state index in [1.54, 1.807) is 31.2 Å². The van der Waals surface area contributed by atoms with Gasteiger partial charge in [0.25, 0.3) is 5.91 Å². The van der Waals surface area contributed by atoms with Gasteiger partial charge in [-0.2, -0.15) is 0 Å². The van der Waals surface area contributed by atoms with Crippen LogP contribution in [0.5, 0.6) is 11.5 Å². The van der Waals surface area contributed by atoms with Crippen molar-refractivity contribution < 1.29 is 23.9 Å². The van der Waals surface area contributed by atoms with E-state index in [-0.39, 0.29) is 29.2 Å². The second-order valence-corrected chi connectivity index (χ2v) is 9.23. The number of carbonyl (C=O) groups excluding carboxylic acids is 3. The van der Waals surface area contributed by atoms with Crippen molar-refractivity contribution in [2.24, 2.45) is 0 Å². The highest BCUT2D eigenvalue weighted by atomic mass is 35.5. The molecule has 0 fully saturated rings. The van der Waals surface area contributed by atoms with Crippen molar-refractivity contribution in [3.63, 3.8) is 0 Å². The van der Waals surface area contributed by atoms with Crippen LogP contribution >= 0.6 is 23.2 Å². The Morgan fingerprint density at radius 1 is 0.865 bits per heavy atom. The molecule has 1 heterocycles. The fraction of sp³-hybridized carbons (Fsp3) is 0.259. The number of halogens is 2. The van der Waals surface area contributed by atoms with Crippen LogP contribution in [-0.4, -0.2) is 42.0 Å². The quantitative estimate of drug-likeness (QED) is 0.376. The van der Waals surface area contributed by atoms with E-state index < -0.39 is 23.8 Å². The Balaban J connectivity index is 1.78. The van der Waals surface area contributed by atoms with Gasteiger partial charge in [0.15, 0.2) is 11.4 Å². The summed E-state index contributed by atoms with van der Waals surface area (Å²) in [5.41, 5.74) is 1.72. The molecule has 194 valence electrons. The summed E-state index contributed by atoms with van der Waals surface area (Å²) in [6.07, 6.45) is 1.34. The van der Waals surface area contributed by atoms with Gasteiger partial charge in [-0.1, -0.05) is 47.5 Å². The van der Waals surface area contributed by atoms with Crippen molar-refractivity contribution in [1.82, 2.24) is 15.6 Å². The molecule has 0 radical (unpaired) electrons. The van der Waals surface area contributed by atoms with E-state index in [4.69, 9.17) is 32.7 Å². The molecule has 2 amide bonds. The van der Waals surface area contributed by atoms with Crippen molar-refractivity contribution in [3.8, 4) is 11.5 Å². The number of hydrogen-bond acceptors (Lipinski definition) is 6. The van der Waals surface area contributed by atoms with Gasteiger partial charge in [0.1, 0.15) is 6.04 Å². The molecule has 0 aliphatic heterocycles. The molecule has 0 saturated carbocycles. The average Bonchev–Trinajstić information content (AvgIpc) is 2.86. The second kappa shape index (κ2) is 12.6. The van der Waals surface area contributed by atoms with Crippen LogP contribution in [0.1, 0.15) is 48.3 Å². The highest BCUT2D eigenvalue weighted by Gasteiger charge is 2.27. The molecular formula is C27H27Cl2N3O5. The minimum Gasteiger partial charge on any atom is -0.493 e. The van der Waals surface area contributed by atoms with E-state index in [2.05, 4.69) is 15.6 Å². The third kappa shape index (κ3) is 7.21. The minimum atomic E-state index is -0.927. The first-order valence-electron chi connectivity index (χ1n) is 11.4. The number of aromatic nitrogens is 1. The lowest BCUT2D eigenvalue weighted by Gasteiger charge is -2.27. The minimum absolute atomic E-state index is 0.124. The van der Waals surface area contributed by atoms with Gasteiger partial charge < -0.3 is 20.1 Å². The molecule has 0 bridgehead atoms. The van der Waals surface area contributed by atoms with Gasteiger partial charge in [-0.15, -0.1) is 0 Å². The zero-order valence-corrected chi connectivity index (χ0v) is 22.3. The fourth-order valence-electron chi connectivity index (χ4n) is 3.87. The summed E-state index contributed by atoms with van der Waals surface area (Å²) in [6, 6.07) is 14.9. The van der Waals surface area contributed by atoms with Crippen molar-refractivity contribution in [3.05, 3.63) is 87.7 Å². The van der Waals surface area contributed by atoms with Gasteiger partial charge in [-0.25, -0.2) is 4.98 Å². The third-order valence-corrected chi connectivity index (χ3v) is 6.12. The molecular weight excluding hydrogens is 517 g/mol. The van der Waals surface area contributed by atoms with Crippen LogP contribution in [0.3, 0.4) is 0 Å². The molecule has 0 spiro atoms. The van der Waals surface area contributed by atoms with Crippen molar-refractivity contribution in [2.45, 2.75) is 38.8 Å². The summed E-state index contributed by atoms with van der Waals surface area (Å²) >= 11 is 12.2. The van der Waals surface area contributed by atoms with Gasteiger partial charge >= 0.3 is 5.97 Å². The van der Waals surface area contributed by atoms with Crippen LogP contribution in [0.25, 0.3) is 0 Å². The first kappa shape index (κ1) is 28.0. The van der Waals surface area contributed by atoms with Gasteiger partial charge in [-0.05, 0) is 49.2 Å².